The second-order valence-corrected chi connectivity index (χ2v) is 7.28. The Morgan fingerprint density at radius 1 is 1.23 bits per heavy atom. The van der Waals surface area contributed by atoms with Gasteiger partial charge in [-0.3, -0.25) is 9.59 Å². The van der Waals surface area contributed by atoms with Crippen molar-refractivity contribution in [2.24, 2.45) is 5.41 Å². The van der Waals surface area contributed by atoms with Gasteiger partial charge in [-0.25, -0.2) is 4.39 Å². The van der Waals surface area contributed by atoms with Gasteiger partial charge in [-0.15, -0.1) is 0 Å². The first kappa shape index (κ1) is 18.1. The summed E-state index contributed by atoms with van der Waals surface area (Å²) in [6.07, 6.45) is 1.26. The number of hydrogen-bond donors (Lipinski definition) is 0. The van der Waals surface area contributed by atoms with E-state index in [0.717, 1.165) is 0 Å². The van der Waals surface area contributed by atoms with Crippen LogP contribution in [-0.4, -0.2) is 11.8 Å². The van der Waals surface area contributed by atoms with E-state index in [2.05, 4.69) is 0 Å². The number of esters is 1. The number of ketones is 1. The van der Waals surface area contributed by atoms with E-state index in [9.17, 15) is 14.0 Å². The Labute approximate surface area is 155 Å². The number of carbonyl (C=O) groups is 2. The number of ether oxygens (including phenoxy) is 2. The molecule has 0 unspecified atom stereocenters. The smallest absolute Gasteiger partial charge is 0.316 e. The summed E-state index contributed by atoms with van der Waals surface area (Å²) in [4.78, 5) is 24.4. The Morgan fingerprint density at radius 3 is 2.62 bits per heavy atom. The van der Waals surface area contributed by atoms with Crippen molar-refractivity contribution in [1.29, 1.82) is 0 Å². The molecule has 0 saturated carbocycles. The molecule has 2 aromatic rings. The lowest BCUT2D eigenvalue weighted by Crippen LogP contribution is -2.25. The van der Waals surface area contributed by atoms with E-state index in [1.165, 1.54) is 42.5 Å². The highest BCUT2D eigenvalue weighted by Crippen LogP contribution is 2.36. The molecule has 0 fully saturated rings. The third-order valence-corrected chi connectivity index (χ3v) is 4.07. The third-order valence-electron chi connectivity index (χ3n) is 3.74. The van der Waals surface area contributed by atoms with E-state index in [1.54, 1.807) is 20.8 Å². The topological polar surface area (TPSA) is 52.6 Å². The summed E-state index contributed by atoms with van der Waals surface area (Å²) in [5, 5.41) is 0.171. The van der Waals surface area contributed by atoms with Crippen LogP contribution >= 0.6 is 11.6 Å². The number of halogens is 2. The number of hydrogen-bond acceptors (Lipinski definition) is 4. The Bertz CT molecular complexity index is 921. The quantitative estimate of drug-likeness (QED) is 0.419. The van der Waals surface area contributed by atoms with Gasteiger partial charge in [0.1, 0.15) is 17.3 Å². The highest BCUT2D eigenvalue weighted by molar-refractivity contribution is 6.32. The van der Waals surface area contributed by atoms with Crippen molar-refractivity contribution in [1.82, 2.24) is 0 Å². The van der Waals surface area contributed by atoms with Crippen LogP contribution in [0.4, 0.5) is 4.39 Å². The van der Waals surface area contributed by atoms with Crippen LogP contribution in [0, 0.1) is 11.2 Å². The van der Waals surface area contributed by atoms with E-state index in [0.29, 0.717) is 5.56 Å². The van der Waals surface area contributed by atoms with Gasteiger partial charge in [-0.1, -0.05) is 17.7 Å². The van der Waals surface area contributed by atoms with Crippen LogP contribution in [0.1, 0.15) is 36.7 Å². The molecule has 0 spiro atoms. The summed E-state index contributed by atoms with van der Waals surface area (Å²) in [7, 11) is 0. The maximum atomic E-state index is 13.9. The predicted molar refractivity (Wildman–Crippen MR) is 95.9 cm³/mol. The maximum absolute atomic E-state index is 13.9. The van der Waals surface area contributed by atoms with Gasteiger partial charge in [0, 0.05) is 11.6 Å². The SMILES string of the molecule is CC(C)(C)C(=O)Oc1ccc2c(c1)OC(=Cc1c(F)cccc1Cl)C2=O. The summed E-state index contributed by atoms with van der Waals surface area (Å²) in [6, 6.07) is 8.72. The third kappa shape index (κ3) is 3.48. The van der Waals surface area contributed by atoms with Crippen molar-refractivity contribution in [2.75, 3.05) is 0 Å². The van der Waals surface area contributed by atoms with Gasteiger partial charge >= 0.3 is 5.97 Å². The van der Waals surface area contributed by atoms with Crippen LogP contribution in [0.15, 0.2) is 42.2 Å². The average molecular weight is 375 g/mol. The summed E-state index contributed by atoms with van der Waals surface area (Å²) in [6.45, 7) is 5.21. The first-order valence-corrected chi connectivity index (χ1v) is 8.29. The Balaban J connectivity index is 1.90. The molecule has 1 aliphatic heterocycles. The van der Waals surface area contributed by atoms with Gasteiger partial charge < -0.3 is 9.47 Å². The molecular weight excluding hydrogens is 359 g/mol. The van der Waals surface area contributed by atoms with Crippen LogP contribution in [-0.2, 0) is 4.79 Å². The zero-order valence-electron chi connectivity index (χ0n) is 14.4. The Morgan fingerprint density at radius 2 is 1.96 bits per heavy atom. The molecule has 3 rings (SSSR count). The molecule has 0 amide bonds. The fraction of sp³-hybridized carbons (Fsp3) is 0.200. The van der Waals surface area contributed by atoms with Crippen LogP contribution in [0.2, 0.25) is 5.02 Å². The minimum absolute atomic E-state index is 0.0497. The van der Waals surface area contributed by atoms with Gasteiger partial charge in [0.25, 0.3) is 0 Å². The van der Waals surface area contributed by atoms with E-state index in [4.69, 9.17) is 21.1 Å². The van der Waals surface area contributed by atoms with Crippen molar-refractivity contribution < 1.29 is 23.5 Å². The number of carbonyl (C=O) groups excluding carboxylic acids is 2. The van der Waals surface area contributed by atoms with Crippen LogP contribution < -0.4 is 9.47 Å². The Kier molecular flexibility index (Phi) is 4.59. The number of benzene rings is 2. The van der Waals surface area contributed by atoms with Crippen LogP contribution in [0.25, 0.3) is 6.08 Å². The van der Waals surface area contributed by atoms with Gasteiger partial charge in [-0.05, 0) is 51.1 Å². The molecule has 0 atom stereocenters. The normalized spacial score (nSPS) is 15.0. The zero-order chi connectivity index (χ0) is 19.1. The molecular formula is C20H16ClFO4. The average Bonchev–Trinajstić information content (AvgIpc) is 2.86. The summed E-state index contributed by atoms with van der Waals surface area (Å²) in [5.74, 6) is -0.901. The van der Waals surface area contributed by atoms with Gasteiger partial charge in [-0.2, -0.15) is 0 Å². The van der Waals surface area contributed by atoms with Crippen molar-refractivity contribution in [3.8, 4) is 11.5 Å². The summed E-state index contributed by atoms with van der Waals surface area (Å²) < 4.78 is 24.8. The molecule has 1 heterocycles. The van der Waals surface area contributed by atoms with E-state index in [-0.39, 0.29) is 27.8 Å². The highest BCUT2D eigenvalue weighted by Gasteiger charge is 2.29. The second-order valence-electron chi connectivity index (χ2n) is 6.87. The molecule has 0 radical (unpaired) electrons. The monoisotopic (exact) mass is 374 g/mol. The first-order chi connectivity index (χ1) is 12.2. The molecule has 26 heavy (non-hydrogen) atoms. The highest BCUT2D eigenvalue weighted by atomic mass is 35.5. The van der Waals surface area contributed by atoms with Gasteiger partial charge in [0.15, 0.2) is 5.76 Å². The molecule has 134 valence electrons. The van der Waals surface area contributed by atoms with Gasteiger partial charge in [0.2, 0.25) is 5.78 Å². The van der Waals surface area contributed by atoms with Crippen LogP contribution in [0.3, 0.4) is 0 Å². The fourth-order valence-corrected chi connectivity index (χ4v) is 2.49. The first-order valence-electron chi connectivity index (χ1n) is 7.91. The van der Waals surface area contributed by atoms with E-state index >= 15 is 0 Å². The zero-order valence-corrected chi connectivity index (χ0v) is 15.2. The number of fused-ring (bicyclic) bond motifs is 1. The van der Waals surface area contributed by atoms with Crippen molar-refractivity contribution in [3.05, 3.63) is 64.1 Å². The molecule has 4 nitrogen and oxygen atoms in total. The van der Waals surface area contributed by atoms with Gasteiger partial charge in [0.05, 0.1) is 16.0 Å². The number of allylic oxidation sites excluding steroid dienone is 1. The van der Waals surface area contributed by atoms with Crippen molar-refractivity contribution in [3.63, 3.8) is 0 Å². The second kappa shape index (κ2) is 6.57. The van der Waals surface area contributed by atoms with E-state index < -0.39 is 23.0 Å². The Hall–Kier alpha value is -2.66. The molecule has 0 saturated heterocycles. The molecule has 2 aromatic carbocycles. The lowest BCUT2D eigenvalue weighted by molar-refractivity contribution is -0.143. The molecule has 6 heteroatoms. The lowest BCUT2D eigenvalue weighted by atomic mass is 9.97. The molecule has 1 aliphatic rings. The number of Topliss-reactive ketones (excluding diaryl/α,β-unsaturated/α-hetero) is 1. The lowest BCUT2D eigenvalue weighted by Gasteiger charge is -2.16. The number of rotatable bonds is 2. The summed E-state index contributed by atoms with van der Waals surface area (Å²) >= 11 is 5.98. The molecule has 0 bridgehead atoms. The minimum Gasteiger partial charge on any atom is -0.452 e. The molecule has 0 N–H and O–H groups in total. The van der Waals surface area contributed by atoms with Crippen molar-refractivity contribution in [2.45, 2.75) is 20.8 Å². The maximum Gasteiger partial charge on any atom is 0.316 e. The molecule has 0 aromatic heterocycles. The molecule has 0 aliphatic carbocycles. The largest absolute Gasteiger partial charge is 0.452 e. The standard InChI is InChI=1S/C20H16ClFO4/c1-20(2,3)19(24)25-11-7-8-12-16(9-11)26-17(18(12)23)10-13-14(21)5-4-6-15(13)22/h4-10H,1-3H3. The predicted octanol–water partition coefficient (Wildman–Crippen LogP) is 5.05. The van der Waals surface area contributed by atoms with Crippen LogP contribution in [0.5, 0.6) is 11.5 Å². The minimum atomic E-state index is -0.664. The summed E-state index contributed by atoms with van der Waals surface area (Å²) in [5.41, 5.74) is -0.286. The fourth-order valence-electron chi connectivity index (χ4n) is 2.27. The van der Waals surface area contributed by atoms with E-state index in [1.807, 2.05) is 0 Å². The van der Waals surface area contributed by atoms with Crippen molar-refractivity contribution >= 4 is 29.4 Å².